The fraction of sp³-hybridized carbons (Fsp3) is 0.457. The van der Waals surface area contributed by atoms with Crippen LogP contribution in [0.5, 0.6) is 0 Å². The standard InChI is InChI=1S/C35H39F8N3O4/c1-7-50-28(48)15-25(30-31(36)22(13-24(32(30)37)35(41,42)43)29-19(5)11-18(4)12-20(29)6)45-33(49)26(10-17(2)3)46-16-21(8-9-44)23(14-27(46)47)34(38,39)40/h11-14,16-17,25-26H,7-10,15,44H2,1-6H3,(H,45,49)/t25-,26?/m0/s1. The molecule has 0 saturated heterocycles. The van der Waals surface area contributed by atoms with Crippen LogP contribution in [0.1, 0.15) is 84.6 Å². The summed E-state index contributed by atoms with van der Waals surface area (Å²) in [6, 6.07) is 0.0674. The second-order valence-electron chi connectivity index (χ2n) is 12.5. The van der Waals surface area contributed by atoms with E-state index in [4.69, 9.17) is 10.5 Å². The van der Waals surface area contributed by atoms with Crippen molar-refractivity contribution in [3.63, 3.8) is 0 Å². The Hall–Kier alpha value is -4.27. The van der Waals surface area contributed by atoms with Crippen molar-refractivity contribution in [2.75, 3.05) is 13.2 Å². The second kappa shape index (κ2) is 15.7. The van der Waals surface area contributed by atoms with Crippen molar-refractivity contribution in [2.24, 2.45) is 11.7 Å². The minimum Gasteiger partial charge on any atom is -0.466 e. The van der Waals surface area contributed by atoms with E-state index in [1.807, 2.05) is 0 Å². The van der Waals surface area contributed by atoms with Crippen molar-refractivity contribution in [3.05, 3.63) is 91.4 Å². The number of rotatable bonds is 12. The number of halogens is 8. The molecule has 0 fully saturated rings. The molecule has 274 valence electrons. The van der Waals surface area contributed by atoms with Crippen LogP contribution in [0.15, 0.2) is 35.3 Å². The Morgan fingerprint density at radius 1 is 0.920 bits per heavy atom. The van der Waals surface area contributed by atoms with E-state index < -0.39 is 93.7 Å². The first-order valence-electron chi connectivity index (χ1n) is 15.8. The van der Waals surface area contributed by atoms with Crippen molar-refractivity contribution in [2.45, 2.75) is 85.2 Å². The zero-order chi connectivity index (χ0) is 37.9. The van der Waals surface area contributed by atoms with E-state index in [2.05, 4.69) is 5.32 Å². The molecule has 3 N–H and O–H groups in total. The molecule has 2 atom stereocenters. The fourth-order valence-corrected chi connectivity index (χ4v) is 6.08. The lowest BCUT2D eigenvalue weighted by molar-refractivity contribution is -0.144. The molecule has 2 aromatic carbocycles. The van der Waals surface area contributed by atoms with Crippen LogP contribution < -0.4 is 16.6 Å². The molecule has 15 heteroatoms. The molecule has 1 aromatic heterocycles. The highest BCUT2D eigenvalue weighted by atomic mass is 19.4. The minimum atomic E-state index is -5.35. The molecule has 0 spiro atoms. The van der Waals surface area contributed by atoms with Gasteiger partial charge in [-0.05, 0) is 81.3 Å². The largest absolute Gasteiger partial charge is 0.466 e. The summed E-state index contributed by atoms with van der Waals surface area (Å²) in [5.41, 5.74) is 0.264. The lowest BCUT2D eigenvalue weighted by Crippen LogP contribution is -2.41. The number of aromatic nitrogens is 1. The SMILES string of the molecule is CCOC(=O)C[C@H](NC(=O)C(CC(C)C)n1cc(CCN)c(C(F)(F)F)cc1=O)c1c(F)c(-c2c(C)cc(C)cc2C)cc(C(F)(F)F)c1F. The Labute approximate surface area is 283 Å². The van der Waals surface area contributed by atoms with Gasteiger partial charge in [0.2, 0.25) is 5.91 Å². The highest BCUT2D eigenvalue weighted by Gasteiger charge is 2.41. The summed E-state index contributed by atoms with van der Waals surface area (Å²) in [7, 11) is 0. The number of nitrogens with two attached hydrogens (primary N) is 1. The Morgan fingerprint density at radius 2 is 1.50 bits per heavy atom. The highest BCUT2D eigenvalue weighted by Crippen LogP contribution is 2.42. The van der Waals surface area contributed by atoms with Crippen LogP contribution >= 0.6 is 0 Å². The van der Waals surface area contributed by atoms with E-state index in [1.165, 1.54) is 20.8 Å². The van der Waals surface area contributed by atoms with Crippen molar-refractivity contribution < 1.29 is 49.4 Å². The first-order valence-corrected chi connectivity index (χ1v) is 15.8. The minimum absolute atomic E-state index is 0.0301. The fourth-order valence-electron chi connectivity index (χ4n) is 6.08. The summed E-state index contributed by atoms with van der Waals surface area (Å²) in [6.45, 7) is 8.96. The third kappa shape index (κ3) is 9.09. The summed E-state index contributed by atoms with van der Waals surface area (Å²) in [5.74, 6) is -6.31. The predicted octanol–water partition coefficient (Wildman–Crippen LogP) is 7.66. The van der Waals surface area contributed by atoms with Gasteiger partial charge in [0.1, 0.15) is 17.7 Å². The van der Waals surface area contributed by atoms with E-state index in [0.29, 0.717) is 27.8 Å². The summed E-state index contributed by atoms with van der Waals surface area (Å²) >= 11 is 0. The van der Waals surface area contributed by atoms with E-state index >= 15 is 8.78 Å². The number of hydrogen-bond donors (Lipinski definition) is 2. The normalized spacial score (nSPS) is 13.4. The van der Waals surface area contributed by atoms with Gasteiger partial charge in [-0.1, -0.05) is 31.5 Å². The quantitative estimate of drug-likeness (QED) is 0.148. The smallest absolute Gasteiger partial charge is 0.419 e. The van der Waals surface area contributed by atoms with Crippen molar-refractivity contribution in [3.8, 4) is 11.1 Å². The van der Waals surface area contributed by atoms with Crippen LogP contribution in [-0.4, -0.2) is 29.6 Å². The van der Waals surface area contributed by atoms with E-state index in [-0.39, 0.29) is 31.6 Å². The average molecular weight is 718 g/mol. The van der Waals surface area contributed by atoms with Crippen LogP contribution in [0.3, 0.4) is 0 Å². The molecule has 0 bridgehead atoms. The molecule has 1 unspecified atom stereocenters. The monoisotopic (exact) mass is 717 g/mol. The Balaban J connectivity index is 2.33. The van der Waals surface area contributed by atoms with Gasteiger partial charge in [0, 0.05) is 23.4 Å². The number of alkyl halides is 6. The topological polar surface area (TPSA) is 103 Å². The zero-order valence-corrected chi connectivity index (χ0v) is 28.3. The molecular formula is C35H39F8N3O4. The lowest BCUT2D eigenvalue weighted by Gasteiger charge is -2.28. The number of nitrogens with one attached hydrogen (secondary N) is 1. The van der Waals surface area contributed by atoms with Gasteiger partial charge in [0.05, 0.1) is 30.2 Å². The number of pyridine rings is 1. The Kier molecular flexibility index (Phi) is 12.6. The number of hydrogen-bond acceptors (Lipinski definition) is 5. The van der Waals surface area contributed by atoms with Gasteiger partial charge in [-0.2, -0.15) is 26.3 Å². The van der Waals surface area contributed by atoms with Gasteiger partial charge in [0.15, 0.2) is 0 Å². The van der Waals surface area contributed by atoms with Crippen molar-refractivity contribution in [1.82, 2.24) is 9.88 Å². The number of nitrogens with zero attached hydrogens (tertiary/aromatic N) is 1. The van der Waals surface area contributed by atoms with E-state index in [0.717, 1.165) is 11.8 Å². The summed E-state index contributed by atoms with van der Waals surface area (Å²) in [5, 5.41) is 2.23. The van der Waals surface area contributed by atoms with Crippen LogP contribution in [0.25, 0.3) is 11.1 Å². The molecule has 0 aliphatic heterocycles. The second-order valence-corrected chi connectivity index (χ2v) is 12.5. The van der Waals surface area contributed by atoms with E-state index in [9.17, 15) is 40.7 Å². The zero-order valence-electron chi connectivity index (χ0n) is 28.3. The van der Waals surface area contributed by atoms with Gasteiger partial charge < -0.3 is 20.4 Å². The molecule has 7 nitrogen and oxygen atoms in total. The molecule has 0 radical (unpaired) electrons. The van der Waals surface area contributed by atoms with Gasteiger partial charge in [-0.25, -0.2) is 8.78 Å². The third-order valence-electron chi connectivity index (χ3n) is 8.04. The van der Waals surface area contributed by atoms with Gasteiger partial charge in [0.25, 0.3) is 5.56 Å². The van der Waals surface area contributed by atoms with Crippen molar-refractivity contribution in [1.29, 1.82) is 0 Å². The molecule has 0 aliphatic carbocycles. The van der Waals surface area contributed by atoms with Crippen LogP contribution in [-0.2, 0) is 33.1 Å². The molecule has 3 aromatic rings. The lowest BCUT2D eigenvalue weighted by atomic mass is 9.88. The molecule has 0 saturated carbocycles. The maximum absolute atomic E-state index is 16.6. The summed E-state index contributed by atoms with van der Waals surface area (Å²) in [4.78, 5) is 39.8. The number of benzene rings is 2. The molecule has 0 aliphatic rings. The maximum atomic E-state index is 16.6. The molecule has 50 heavy (non-hydrogen) atoms. The van der Waals surface area contributed by atoms with Crippen LogP contribution in [0.4, 0.5) is 35.1 Å². The summed E-state index contributed by atoms with van der Waals surface area (Å²) in [6.07, 6.45) is -11.0. The first-order chi connectivity index (χ1) is 23.1. The van der Waals surface area contributed by atoms with E-state index in [1.54, 1.807) is 32.9 Å². The third-order valence-corrected chi connectivity index (χ3v) is 8.04. The van der Waals surface area contributed by atoms with Crippen molar-refractivity contribution >= 4 is 11.9 Å². The van der Waals surface area contributed by atoms with Gasteiger partial charge in [-0.3, -0.25) is 14.4 Å². The number of carbonyl (C=O) groups excluding carboxylic acids is 2. The predicted molar refractivity (Wildman–Crippen MR) is 170 cm³/mol. The van der Waals surface area contributed by atoms with Gasteiger partial charge >= 0.3 is 18.3 Å². The molecule has 1 heterocycles. The number of carbonyl (C=O) groups is 2. The number of amides is 1. The molecule has 3 rings (SSSR count). The Morgan fingerprint density at radius 3 is 2.00 bits per heavy atom. The number of esters is 1. The Bertz CT molecular complexity index is 1780. The molecule has 1 amide bonds. The number of ether oxygens (including phenoxy) is 1. The average Bonchev–Trinajstić information content (AvgIpc) is 2.96. The maximum Gasteiger partial charge on any atom is 0.419 e. The summed E-state index contributed by atoms with van der Waals surface area (Å²) < 4.78 is 122. The number of aryl methyl sites for hydroxylation is 3. The van der Waals surface area contributed by atoms with Crippen LogP contribution in [0, 0.1) is 38.3 Å². The van der Waals surface area contributed by atoms with Crippen LogP contribution in [0.2, 0.25) is 0 Å². The van der Waals surface area contributed by atoms with Gasteiger partial charge in [-0.15, -0.1) is 0 Å². The molecular weight excluding hydrogens is 678 g/mol. The first kappa shape index (κ1) is 40.2. The highest BCUT2D eigenvalue weighted by molar-refractivity contribution is 5.82.